The van der Waals surface area contributed by atoms with Crippen LogP contribution in [-0.2, 0) is 16.6 Å². The Hall–Kier alpha value is -3.59. The number of hydrogen-bond donors (Lipinski definition) is 4. The SMILES string of the molecule is Cc1ccc(O)cc1NS(=O)(=O)c1ccc(NC(=O)NCc2cccnc2)cc1. The molecule has 2 amide bonds. The lowest BCUT2D eigenvalue weighted by Gasteiger charge is -2.12. The Balaban J connectivity index is 1.63. The van der Waals surface area contributed by atoms with Crippen molar-refractivity contribution in [3.05, 3.63) is 78.1 Å². The van der Waals surface area contributed by atoms with Crippen molar-refractivity contribution >= 4 is 27.4 Å². The Morgan fingerprint density at radius 3 is 2.55 bits per heavy atom. The van der Waals surface area contributed by atoms with Crippen LogP contribution in [0.1, 0.15) is 11.1 Å². The predicted octanol–water partition coefficient (Wildman–Crippen LogP) is 3.22. The third kappa shape index (κ3) is 5.45. The van der Waals surface area contributed by atoms with Gasteiger partial charge in [0.2, 0.25) is 0 Å². The van der Waals surface area contributed by atoms with Gasteiger partial charge in [0.25, 0.3) is 10.0 Å². The lowest BCUT2D eigenvalue weighted by atomic mass is 10.2. The van der Waals surface area contributed by atoms with Crippen molar-refractivity contribution in [3.8, 4) is 5.75 Å². The fraction of sp³-hybridized carbons (Fsp3) is 0.100. The van der Waals surface area contributed by atoms with Crippen molar-refractivity contribution in [2.75, 3.05) is 10.0 Å². The predicted molar refractivity (Wildman–Crippen MR) is 110 cm³/mol. The minimum atomic E-state index is -3.84. The Kier molecular flexibility index (Phi) is 5.99. The van der Waals surface area contributed by atoms with Gasteiger partial charge in [0, 0.05) is 30.7 Å². The third-order valence-corrected chi connectivity index (χ3v) is 5.45. The second-order valence-corrected chi connectivity index (χ2v) is 7.98. The number of carbonyl (C=O) groups is 1. The second-order valence-electron chi connectivity index (χ2n) is 6.30. The van der Waals surface area contributed by atoms with E-state index in [-0.39, 0.29) is 10.6 Å². The highest BCUT2D eigenvalue weighted by molar-refractivity contribution is 7.92. The summed E-state index contributed by atoms with van der Waals surface area (Å²) >= 11 is 0. The molecule has 8 nitrogen and oxygen atoms in total. The Bertz CT molecular complexity index is 1100. The highest BCUT2D eigenvalue weighted by Crippen LogP contribution is 2.24. The zero-order valence-electron chi connectivity index (χ0n) is 15.6. The average molecular weight is 412 g/mol. The van der Waals surface area contributed by atoms with Crippen LogP contribution in [0.25, 0.3) is 0 Å². The molecule has 150 valence electrons. The maximum Gasteiger partial charge on any atom is 0.319 e. The molecule has 29 heavy (non-hydrogen) atoms. The first kappa shape index (κ1) is 20.2. The first-order valence-corrected chi connectivity index (χ1v) is 10.2. The third-order valence-electron chi connectivity index (χ3n) is 4.06. The molecule has 0 saturated carbocycles. The molecule has 0 radical (unpaired) electrons. The second kappa shape index (κ2) is 8.61. The zero-order chi connectivity index (χ0) is 20.9. The lowest BCUT2D eigenvalue weighted by molar-refractivity contribution is 0.251. The van der Waals surface area contributed by atoms with Crippen LogP contribution in [0.5, 0.6) is 5.75 Å². The van der Waals surface area contributed by atoms with Crippen LogP contribution >= 0.6 is 0 Å². The topological polar surface area (TPSA) is 120 Å². The summed E-state index contributed by atoms with van der Waals surface area (Å²) in [6, 6.07) is 13.4. The number of aromatic nitrogens is 1. The maximum absolute atomic E-state index is 12.6. The zero-order valence-corrected chi connectivity index (χ0v) is 16.4. The Morgan fingerprint density at radius 2 is 1.86 bits per heavy atom. The van der Waals surface area contributed by atoms with Gasteiger partial charge in [-0.3, -0.25) is 9.71 Å². The van der Waals surface area contributed by atoms with Crippen molar-refractivity contribution in [2.45, 2.75) is 18.4 Å². The molecule has 3 rings (SSSR count). The number of hydrogen-bond acceptors (Lipinski definition) is 5. The number of amides is 2. The highest BCUT2D eigenvalue weighted by Gasteiger charge is 2.16. The molecule has 0 spiro atoms. The summed E-state index contributed by atoms with van der Waals surface area (Å²) in [4.78, 5) is 16.0. The molecule has 3 aromatic rings. The molecule has 0 atom stereocenters. The summed E-state index contributed by atoms with van der Waals surface area (Å²) in [6.45, 7) is 2.05. The number of urea groups is 1. The van der Waals surface area contributed by atoms with Gasteiger partial charge in [-0.15, -0.1) is 0 Å². The summed E-state index contributed by atoms with van der Waals surface area (Å²) in [5, 5.41) is 14.9. The molecular weight excluding hydrogens is 392 g/mol. The number of nitrogens with one attached hydrogen (secondary N) is 3. The number of phenolic OH excluding ortho intramolecular Hbond substituents is 1. The van der Waals surface area contributed by atoms with Crippen LogP contribution in [0, 0.1) is 6.92 Å². The van der Waals surface area contributed by atoms with E-state index < -0.39 is 16.1 Å². The van der Waals surface area contributed by atoms with Crippen LogP contribution in [0.2, 0.25) is 0 Å². The molecule has 0 aliphatic heterocycles. The van der Waals surface area contributed by atoms with Gasteiger partial charge in [0.05, 0.1) is 10.6 Å². The number of aryl methyl sites for hydroxylation is 1. The van der Waals surface area contributed by atoms with E-state index in [4.69, 9.17) is 0 Å². The number of benzene rings is 2. The number of nitrogens with zero attached hydrogens (tertiary/aromatic N) is 1. The summed E-state index contributed by atoms with van der Waals surface area (Å²) < 4.78 is 27.6. The van der Waals surface area contributed by atoms with Crippen LogP contribution in [0.4, 0.5) is 16.2 Å². The molecule has 0 bridgehead atoms. The number of carbonyl (C=O) groups excluding carboxylic acids is 1. The molecule has 4 N–H and O–H groups in total. The molecule has 9 heteroatoms. The van der Waals surface area contributed by atoms with E-state index >= 15 is 0 Å². The van der Waals surface area contributed by atoms with E-state index in [0.717, 1.165) is 5.56 Å². The molecule has 0 aliphatic rings. The van der Waals surface area contributed by atoms with E-state index in [1.807, 2.05) is 6.07 Å². The van der Waals surface area contributed by atoms with Gasteiger partial charge in [0.1, 0.15) is 5.75 Å². The minimum Gasteiger partial charge on any atom is -0.508 e. The number of sulfonamides is 1. The summed E-state index contributed by atoms with van der Waals surface area (Å²) in [5.41, 5.74) is 2.27. The number of aromatic hydroxyl groups is 1. The Labute approximate surface area is 168 Å². The first-order valence-electron chi connectivity index (χ1n) is 8.70. The number of rotatable bonds is 6. The van der Waals surface area contributed by atoms with Gasteiger partial charge in [0.15, 0.2) is 0 Å². The van der Waals surface area contributed by atoms with Crippen molar-refractivity contribution < 1.29 is 18.3 Å². The van der Waals surface area contributed by atoms with Gasteiger partial charge in [-0.25, -0.2) is 13.2 Å². The molecular formula is C20H20N4O4S. The van der Waals surface area contributed by atoms with Crippen molar-refractivity contribution in [2.24, 2.45) is 0 Å². The fourth-order valence-electron chi connectivity index (χ4n) is 2.50. The first-order chi connectivity index (χ1) is 13.8. The summed E-state index contributed by atoms with van der Waals surface area (Å²) in [7, 11) is -3.84. The van der Waals surface area contributed by atoms with E-state index in [2.05, 4.69) is 20.3 Å². The Morgan fingerprint density at radius 1 is 1.10 bits per heavy atom. The van der Waals surface area contributed by atoms with Crippen LogP contribution < -0.4 is 15.4 Å². The van der Waals surface area contributed by atoms with Gasteiger partial charge < -0.3 is 15.7 Å². The molecule has 0 fully saturated rings. The molecule has 0 unspecified atom stereocenters. The average Bonchev–Trinajstić information content (AvgIpc) is 2.70. The molecule has 1 aromatic heterocycles. The number of pyridine rings is 1. The van der Waals surface area contributed by atoms with E-state index in [1.54, 1.807) is 31.5 Å². The molecule has 0 aliphatic carbocycles. The molecule has 2 aromatic carbocycles. The van der Waals surface area contributed by atoms with Crippen molar-refractivity contribution in [1.29, 1.82) is 0 Å². The normalized spacial score (nSPS) is 10.9. The van der Waals surface area contributed by atoms with Crippen LogP contribution in [0.3, 0.4) is 0 Å². The van der Waals surface area contributed by atoms with E-state index in [9.17, 15) is 18.3 Å². The minimum absolute atomic E-state index is 0.0292. The highest BCUT2D eigenvalue weighted by atomic mass is 32.2. The molecule has 1 heterocycles. The maximum atomic E-state index is 12.6. The smallest absolute Gasteiger partial charge is 0.319 e. The quantitative estimate of drug-likeness (QED) is 0.495. The van der Waals surface area contributed by atoms with Gasteiger partial charge >= 0.3 is 6.03 Å². The summed E-state index contributed by atoms with van der Waals surface area (Å²) in [5.74, 6) is -0.0369. The van der Waals surface area contributed by atoms with Crippen LogP contribution in [0.15, 0.2) is 71.9 Å². The van der Waals surface area contributed by atoms with E-state index in [1.165, 1.54) is 36.4 Å². The number of phenols is 1. The van der Waals surface area contributed by atoms with Gasteiger partial charge in [-0.05, 0) is 54.4 Å². The van der Waals surface area contributed by atoms with Gasteiger partial charge in [-0.2, -0.15) is 0 Å². The lowest BCUT2D eigenvalue weighted by Crippen LogP contribution is -2.28. The summed E-state index contributed by atoms with van der Waals surface area (Å²) in [6.07, 6.45) is 3.30. The van der Waals surface area contributed by atoms with E-state index in [0.29, 0.717) is 23.5 Å². The standard InChI is InChI=1S/C20H20N4O4S/c1-14-4-7-17(25)11-19(14)24-29(27,28)18-8-5-16(6-9-18)23-20(26)22-13-15-3-2-10-21-12-15/h2-12,24-25H,13H2,1H3,(H2,22,23,26). The van der Waals surface area contributed by atoms with Gasteiger partial charge in [-0.1, -0.05) is 12.1 Å². The fourth-order valence-corrected chi connectivity index (χ4v) is 3.62. The molecule has 0 saturated heterocycles. The number of anilines is 2. The largest absolute Gasteiger partial charge is 0.508 e. The monoisotopic (exact) mass is 412 g/mol. The van der Waals surface area contributed by atoms with Crippen molar-refractivity contribution in [1.82, 2.24) is 10.3 Å². The van der Waals surface area contributed by atoms with Crippen LogP contribution in [-0.4, -0.2) is 24.5 Å². The van der Waals surface area contributed by atoms with Crippen molar-refractivity contribution in [3.63, 3.8) is 0 Å².